The van der Waals surface area contributed by atoms with Crippen molar-refractivity contribution in [3.8, 4) is 5.75 Å². The average Bonchev–Trinajstić information content (AvgIpc) is 3.55. The Bertz CT molecular complexity index is 1200. The number of hydrogen-bond donors (Lipinski definition) is 3. The lowest BCUT2D eigenvalue weighted by Crippen LogP contribution is -2.56. The third-order valence-electron chi connectivity index (χ3n) is 7.91. The van der Waals surface area contributed by atoms with Crippen molar-refractivity contribution in [3.05, 3.63) is 53.6 Å². The van der Waals surface area contributed by atoms with Gasteiger partial charge in [0.05, 0.1) is 37.2 Å². The normalized spacial score (nSPS) is 28.2. The summed E-state index contributed by atoms with van der Waals surface area (Å²) in [6.45, 7) is 3.98. The molecule has 3 N–H and O–H groups in total. The van der Waals surface area contributed by atoms with E-state index < -0.39 is 41.5 Å². The van der Waals surface area contributed by atoms with Crippen molar-refractivity contribution in [1.29, 1.82) is 0 Å². The fraction of sp³-hybridized carbons (Fsp3) is 0.464. The maximum Gasteiger partial charge on any atom is 0.250 e. The predicted octanol–water partition coefficient (Wildman–Crippen LogP) is 3.46. The number of ether oxygens (including phenoxy) is 2. The number of benzene rings is 2. The summed E-state index contributed by atoms with van der Waals surface area (Å²) in [5, 5.41) is 16.5. The number of fused-ring (bicyclic) bond motifs is 1. The molecule has 3 fully saturated rings. The van der Waals surface area contributed by atoms with E-state index in [1.54, 1.807) is 48.5 Å². The molecule has 9 nitrogen and oxygen atoms in total. The van der Waals surface area contributed by atoms with Gasteiger partial charge in [-0.3, -0.25) is 14.4 Å². The van der Waals surface area contributed by atoms with E-state index in [0.29, 0.717) is 48.0 Å². The molecular formula is C28H32ClN3O6. The molecule has 2 unspecified atom stereocenters. The van der Waals surface area contributed by atoms with Gasteiger partial charge in [-0.05, 0) is 74.7 Å². The molecule has 0 saturated carbocycles. The number of likely N-dealkylation sites (tertiary alicyclic amines) is 1. The molecule has 3 saturated heterocycles. The van der Waals surface area contributed by atoms with Crippen LogP contribution in [0.1, 0.15) is 33.1 Å². The molecule has 2 aromatic rings. The van der Waals surface area contributed by atoms with Crippen LogP contribution in [0.25, 0.3) is 0 Å². The third-order valence-corrected chi connectivity index (χ3v) is 8.16. The Balaban J connectivity index is 1.44. The van der Waals surface area contributed by atoms with Gasteiger partial charge in [0, 0.05) is 16.4 Å². The first-order valence-electron chi connectivity index (χ1n) is 13.0. The quantitative estimate of drug-likeness (QED) is 0.447. The molecule has 5 rings (SSSR count). The van der Waals surface area contributed by atoms with Crippen LogP contribution in [0.2, 0.25) is 5.02 Å². The van der Waals surface area contributed by atoms with Gasteiger partial charge in [0.1, 0.15) is 17.4 Å². The fourth-order valence-corrected chi connectivity index (χ4v) is 6.39. The number of nitrogens with zero attached hydrogens (tertiary/aromatic N) is 1. The number of aliphatic hydroxyl groups is 1. The van der Waals surface area contributed by atoms with E-state index in [1.807, 2.05) is 13.8 Å². The number of nitrogens with one attached hydrogen (secondary N) is 2. The molecule has 202 valence electrons. The number of aliphatic hydroxyl groups excluding tert-OH is 1. The van der Waals surface area contributed by atoms with Crippen LogP contribution in [0, 0.1) is 11.8 Å². The predicted molar refractivity (Wildman–Crippen MR) is 142 cm³/mol. The van der Waals surface area contributed by atoms with Crippen LogP contribution in [-0.4, -0.2) is 64.7 Å². The summed E-state index contributed by atoms with van der Waals surface area (Å²) in [4.78, 5) is 42.7. The summed E-state index contributed by atoms with van der Waals surface area (Å²) in [6, 6.07) is 12.2. The summed E-state index contributed by atoms with van der Waals surface area (Å²) >= 11 is 5.99. The van der Waals surface area contributed by atoms with Crippen LogP contribution in [-0.2, 0) is 19.1 Å². The molecule has 38 heavy (non-hydrogen) atoms. The first kappa shape index (κ1) is 26.5. The molecule has 3 heterocycles. The summed E-state index contributed by atoms with van der Waals surface area (Å²) in [5.74, 6) is -1.96. The number of carbonyl (C=O) groups is 3. The van der Waals surface area contributed by atoms with Crippen LogP contribution in [0.4, 0.5) is 11.4 Å². The summed E-state index contributed by atoms with van der Waals surface area (Å²) in [6.07, 6.45) is 0.994. The van der Waals surface area contributed by atoms with Crippen molar-refractivity contribution in [3.63, 3.8) is 0 Å². The van der Waals surface area contributed by atoms with Crippen LogP contribution < -0.4 is 15.4 Å². The molecular weight excluding hydrogens is 510 g/mol. The number of carbonyl (C=O) groups excluding carboxylic acids is 3. The highest BCUT2D eigenvalue weighted by Crippen LogP contribution is 2.59. The Morgan fingerprint density at radius 2 is 1.74 bits per heavy atom. The van der Waals surface area contributed by atoms with E-state index in [2.05, 4.69) is 10.6 Å². The highest BCUT2D eigenvalue weighted by atomic mass is 35.5. The molecule has 0 radical (unpaired) electrons. The van der Waals surface area contributed by atoms with Crippen molar-refractivity contribution in [2.75, 3.05) is 23.8 Å². The first-order chi connectivity index (χ1) is 18.3. The number of amides is 3. The lowest BCUT2D eigenvalue weighted by molar-refractivity contribution is -0.143. The minimum absolute atomic E-state index is 0.303. The van der Waals surface area contributed by atoms with Gasteiger partial charge in [-0.15, -0.1) is 0 Å². The minimum Gasteiger partial charge on any atom is -0.494 e. The minimum atomic E-state index is -1.15. The first-order valence-corrected chi connectivity index (χ1v) is 13.4. The molecule has 0 aliphatic carbocycles. The lowest BCUT2D eigenvalue weighted by atomic mass is 9.70. The van der Waals surface area contributed by atoms with E-state index >= 15 is 0 Å². The lowest BCUT2D eigenvalue weighted by Gasteiger charge is -2.36. The molecule has 3 amide bonds. The zero-order valence-electron chi connectivity index (χ0n) is 21.4. The Hall–Kier alpha value is -3.14. The van der Waals surface area contributed by atoms with Gasteiger partial charge in [-0.2, -0.15) is 0 Å². The van der Waals surface area contributed by atoms with Gasteiger partial charge in [0.25, 0.3) is 0 Å². The molecule has 2 bridgehead atoms. The van der Waals surface area contributed by atoms with Gasteiger partial charge in [0.2, 0.25) is 17.7 Å². The van der Waals surface area contributed by atoms with Crippen molar-refractivity contribution in [1.82, 2.24) is 4.90 Å². The summed E-state index contributed by atoms with van der Waals surface area (Å²) < 4.78 is 11.9. The van der Waals surface area contributed by atoms with Gasteiger partial charge in [0.15, 0.2) is 0 Å². The van der Waals surface area contributed by atoms with Crippen molar-refractivity contribution in [2.45, 2.75) is 56.9 Å². The Morgan fingerprint density at radius 1 is 1.11 bits per heavy atom. The zero-order chi connectivity index (χ0) is 27.0. The maximum atomic E-state index is 14.0. The van der Waals surface area contributed by atoms with Gasteiger partial charge >= 0.3 is 0 Å². The van der Waals surface area contributed by atoms with E-state index in [0.717, 1.165) is 0 Å². The monoisotopic (exact) mass is 541 g/mol. The van der Waals surface area contributed by atoms with E-state index in [9.17, 15) is 19.5 Å². The van der Waals surface area contributed by atoms with Gasteiger partial charge < -0.3 is 30.1 Å². The number of hydrogen-bond acceptors (Lipinski definition) is 6. The molecule has 6 atom stereocenters. The molecule has 2 aromatic carbocycles. The summed E-state index contributed by atoms with van der Waals surface area (Å²) in [5.41, 5.74) is -0.0424. The van der Waals surface area contributed by atoms with E-state index in [4.69, 9.17) is 21.1 Å². The third kappa shape index (κ3) is 4.42. The second-order valence-corrected chi connectivity index (χ2v) is 10.4. The number of anilines is 2. The van der Waals surface area contributed by atoms with Gasteiger partial charge in [-0.25, -0.2) is 0 Å². The average molecular weight is 542 g/mol. The van der Waals surface area contributed by atoms with Crippen LogP contribution >= 0.6 is 11.6 Å². The Labute approximate surface area is 226 Å². The van der Waals surface area contributed by atoms with Crippen molar-refractivity contribution in [2.24, 2.45) is 11.8 Å². The molecule has 3 aliphatic rings. The van der Waals surface area contributed by atoms with E-state index in [1.165, 1.54) is 4.90 Å². The number of halogens is 1. The highest BCUT2D eigenvalue weighted by Gasteiger charge is 2.75. The van der Waals surface area contributed by atoms with Crippen LogP contribution in [0.5, 0.6) is 5.75 Å². The largest absolute Gasteiger partial charge is 0.494 e. The molecule has 1 spiro atoms. The van der Waals surface area contributed by atoms with Crippen LogP contribution in [0.15, 0.2) is 48.5 Å². The topological polar surface area (TPSA) is 117 Å². The zero-order valence-corrected chi connectivity index (χ0v) is 22.1. The maximum absolute atomic E-state index is 14.0. The number of rotatable bonds is 9. The Morgan fingerprint density at radius 3 is 2.34 bits per heavy atom. The molecule has 3 aliphatic heterocycles. The fourth-order valence-electron chi connectivity index (χ4n) is 6.27. The SMILES string of the molecule is CCOc1ccc(NC(=O)[C@@H]2[C@H]3C(=O)N([C@@H](CC)CO)C(C(=O)Nc4ccc(Cl)cc4)C34CC[C@H]2O4)cc1. The molecule has 10 heteroatoms. The summed E-state index contributed by atoms with van der Waals surface area (Å²) in [7, 11) is 0. The van der Waals surface area contributed by atoms with Gasteiger partial charge in [-0.1, -0.05) is 18.5 Å². The second kappa shape index (κ2) is 10.6. The van der Waals surface area contributed by atoms with Crippen molar-refractivity contribution < 1.29 is 29.0 Å². The second-order valence-electron chi connectivity index (χ2n) is 9.99. The van der Waals surface area contributed by atoms with E-state index in [-0.39, 0.29) is 18.4 Å². The van der Waals surface area contributed by atoms with Crippen LogP contribution in [0.3, 0.4) is 0 Å². The van der Waals surface area contributed by atoms with Crippen molar-refractivity contribution >= 4 is 40.7 Å². The standard InChI is InChI=1S/C28H32ClN3O6/c1-3-19(15-33)32-24(26(35)31-17-7-5-16(29)6-8-17)28-14-13-21(38-28)22(23(28)27(32)36)25(34)30-18-9-11-20(12-10-18)37-4-2/h5-12,19,21-24,33H,3-4,13-15H2,1-2H3,(H,30,34)(H,31,35)/t19-,21+,22-,23-,24?,28?/m0/s1. The molecule has 0 aromatic heterocycles. The Kier molecular flexibility index (Phi) is 7.35. The highest BCUT2D eigenvalue weighted by molar-refractivity contribution is 6.30. The smallest absolute Gasteiger partial charge is 0.250 e.